The summed E-state index contributed by atoms with van der Waals surface area (Å²) < 4.78 is 17.8. The quantitative estimate of drug-likeness (QED) is 0.809. The number of hydrogen-bond donors (Lipinski definition) is 1. The van der Waals surface area contributed by atoms with E-state index in [0.717, 1.165) is 6.07 Å². The van der Waals surface area contributed by atoms with Crippen LogP contribution in [0.15, 0.2) is 30.4 Å². The molecule has 1 rings (SSSR count). The second kappa shape index (κ2) is 4.79. The summed E-state index contributed by atoms with van der Waals surface area (Å²) in [4.78, 5) is 10.4. The van der Waals surface area contributed by atoms with E-state index < -0.39 is 11.8 Å². The maximum Gasteiger partial charge on any atom is 0.334 e. The summed E-state index contributed by atoms with van der Waals surface area (Å²) in [6.45, 7) is 3.11. The van der Waals surface area contributed by atoms with Crippen LogP contribution >= 0.6 is 11.6 Å². The van der Waals surface area contributed by atoms with E-state index in [2.05, 4.69) is 6.58 Å². The van der Waals surface area contributed by atoms with E-state index in [1.807, 2.05) is 0 Å². The number of carboxylic acid groups (broad SMARTS) is 1. The molecule has 1 aromatic carbocycles. The third-order valence-corrected chi connectivity index (χ3v) is 1.90. The Bertz CT molecular complexity index is 404. The van der Waals surface area contributed by atoms with Crippen molar-refractivity contribution in [2.75, 3.05) is 6.61 Å². The monoisotopic (exact) mass is 230 g/mol. The fourth-order valence-electron chi connectivity index (χ4n) is 0.799. The van der Waals surface area contributed by atoms with Crippen molar-refractivity contribution in [3.05, 3.63) is 41.2 Å². The van der Waals surface area contributed by atoms with Crippen molar-refractivity contribution < 1.29 is 19.0 Å². The van der Waals surface area contributed by atoms with Gasteiger partial charge in [0, 0.05) is 6.07 Å². The highest BCUT2D eigenvalue weighted by Gasteiger charge is 2.06. The molecule has 1 aromatic rings. The highest BCUT2D eigenvalue weighted by molar-refractivity contribution is 6.30. The van der Waals surface area contributed by atoms with Crippen LogP contribution in [0.1, 0.15) is 0 Å². The third-order valence-electron chi connectivity index (χ3n) is 1.61. The molecule has 0 amide bonds. The zero-order valence-electron chi connectivity index (χ0n) is 7.67. The Morgan fingerprint density at radius 1 is 1.60 bits per heavy atom. The molecule has 80 valence electrons. The summed E-state index contributed by atoms with van der Waals surface area (Å²) in [5, 5.41) is 8.42. The van der Waals surface area contributed by atoms with Gasteiger partial charge in [-0.3, -0.25) is 0 Å². The molecular weight excluding hydrogens is 223 g/mol. The number of ether oxygens (including phenoxy) is 1. The first kappa shape index (κ1) is 11.5. The van der Waals surface area contributed by atoms with E-state index in [4.69, 9.17) is 21.4 Å². The zero-order chi connectivity index (χ0) is 11.4. The van der Waals surface area contributed by atoms with Crippen molar-refractivity contribution in [2.45, 2.75) is 0 Å². The Kier molecular flexibility index (Phi) is 3.68. The molecule has 0 bridgehead atoms. The number of carbonyl (C=O) groups is 1. The molecule has 0 heterocycles. The molecule has 0 saturated carbocycles. The van der Waals surface area contributed by atoms with Crippen molar-refractivity contribution >= 4 is 17.6 Å². The molecule has 0 aliphatic rings. The smallest absolute Gasteiger partial charge is 0.334 e. The second-order valence-electron chi connectivity index (χ2n) is 2.77. The summed E-state index contributed by atoms with van der Waals surface area (Å²) in [5.74, 6) is -1.40. The van der Waals surface area contributed by atoms with Crippen LogP contribution in [0, 0.1) is 5.82 Å². The minimum atomic E-state index is -1.14. The molecule has 0 atom stereocenters. The van der Waals surface area contributed by atoms with Crippen LogP contribution in [0.25, 0.3) is 0 Å². The predicted molar refractivity (Wildman–Crippen MR) is 53.7 cm³/mol. The van der Waals surface area contributed by atoms with Gasteiger partial charge in [0.15, 0.2) is 0 Å². The lowest BCUT2D eigenvalue weighted by atomic mass is 10.3. The van der Waals surface area contributed by atoms with Gasteiger partial charge in [-0.2, -0.15) is 0 Å². The number of aliphatic carboxylic acids is 1. The summed E-state index contributed by atoms with van der Waals surface area (Å²) >= 11 is 5.50. The number of hydrogen-bond acceptors (Lipinski definition) is 2. The Balaban J connectivity index is 2.62. The average molecular weight is 231 g/mol. The van der Waals surface area contributed by atoms with E-state index in [0.29, 0.717) is 5.75 Å². The van der Waals surface area contributed by atoms with E-state index in [9.17, 15) is 9.18 Å². The molecule has 5 heteroatoms. The summed E-state index contributed by atoms with van der Waals surface area (Å²) in [5.41, 5.74) is -0.0875. The molecule has 3 nitrogen and oxygen atoms in total. The Morgan fingerprint density at radius 3 is 2.80 bits per heavy atom. The highest BCUT2D eigenvalue weighted by Crippen LogP contribution is 2.21. The first-order chi connectivity index (χ1) is 7.00. The number of benzene rings is 1. The second-order valence-corrected chi connectivity index (χ2v) is 3.18. The lowest BCUT2D eigenvalue weighted by Gasteiger charge is -2.06. The number of halogens is 2. The molecular formula is C10H8ClFO3. The van der Waals surface area contributed by atoms with Crippen molar-refractivity contribution in [3.63, 3.8) is 0 Å². The molecule has 1 N–H and O–H groups in total. The molecule has 0 unspecified atom stereocenters. The van der Waals surface area contributed by atoms with E-state index >= 15 is 0 Å². The van der Waals surface area contributed by atoms with Crippen LogP contribution in [-0.4, -0.2) is 17.7 Å². The van der Waals surface area contributed by atoms with Crippen molar-refractivity contribution in [3.8, 4) is 5.75 Å². The molecule has 0 aliphatic heterocycles. The average Bonchev–Trinajstić information content (AvgIpc) is 2.19. The largest absolute Gasteiger partial charge is 0.489 e. The number of rotatable bonds is 4. The minimum Gasteiger partial charge on any atom is -0.489 e. The summed E-state index contributed by atoms with van der Waals surface area (Å²) in [6.07, 6.45) is 0. The lowest BCUT2D eigenvalue weighted by molar-refractivity contribution is -0.133. The number of carboxylic acids is 1. The van der Waals surface area contributed by atoms with E-state index in [-0.39, 0.29) is 17.2 Å². The molecule has 0 saturated heterocycles. The topological polar surface area (TPSA) is 46.5 Å². The van der Waals surface area contributed by atoms with Crippen LogP contribution < -0.4 is 4.74 Å². The van der Waals surface area contributed by atoms with Gasteiger partial charge in [-0.25, -0.2) is 9.18 Å². The van der Waals surface area contributed by atoms with Crippen molar-refractivity contribution in [2.24, 2.45) is 0 Å². The molecule has 0 radical (unpaired) electrons. The Labute approximate surface area is 90.7 Å². The fourth-order valence-corrected chi connectivity index (χ4v) is 0.969. The fraction of sp³-hybridized carbons (Fsp3) is 0.100. The lowest BCUT2D eigenvalue weighted by Crippen LogP contribution is -2.08. The van der Waals surface area contributed by atoms with Crippen LogP contribution in [0.4, 0.5) is 4.39 Å². The molecule has 0 aliphatic carbocycles. The molecule has 0 spiro atoms. The van der Waals surface area contributed by atoms with Gasteiger partial charge in [-0.05, 0) is 12.1 Å². The van der Waals surface area contributed by atoms with Gasteiger partial charge in [0.1, 0.15) is 18.2 Å². The third kappa shape index (κ3) is 3.25. The van der Waals surface area contributed by atoms with Gasteiger partial charge in [0.2, 0.25) is 0 Å². The minimum absolute atomic E-state index is 0.0755. The van der Waals surface area contributed by atoms with Crippen LogP contribution in [-0.2, 0) is 4.79 Å². The van der Waals surface area contributed by atoms with Gasteiger partial charge in [0.25, 0.3) is 0 Å². The van der Waals surface area contributed by atoms with Crippen LogP contribution in [0.3, 0.4) is 0 Å². The first-order valence-corrected chi connectivity index (χ1v) is 4.37. The molecule has 15 heavy (non-hydrogen) atoms. The molecule has 0 aromatic heterocycles. The highest BCUT2D eigenvalue weighted by atomic mass is 35.5. The molecule has 0 fully saturated rings. The van der Waals surface area contributed by atoms with Gasteiger partial charge < -0.3 is 9.84 Å². The standard InChI is InChI=1S/C10H8ClFO3/c1-6(10(13)14)5-15-7-2-3-9(12)8(11)4-7/h2-4H,1,5H2,(H,13,14). The van der Waals surface area contributed by atoms with Gasteiger partial charge >= 0.3 is 5.97 Å². The Morgan fingerprint density at radius 2 is 2.27 bits per heavy atom. The summed E-state index contributed by atoms with van der Waals surface area (Å²) in [7, 11) is 0. The van der Waals surface area contributed by atoms with Crippen LogP contribution in [0.2, 0.25) is 5.02 Å². The summed E-state index contributed by atoms with van der Waals surface area (Å²) in [6, 6.07) is 3.77. The van der Waals surface area contributed by atoms with Gasteiger partial charge in [-0.1, -0.05) is 18.2 Å². The normalized spacial score (nSPS) is 9.73. The predicted octanol–water partition coefficient (Wildman–Crippen LogP) is 2.50. The maximum atomic E-state index is 12.7. The van der Waals surface area contributed by atoms with Crippen LogP contribution in [0.5, 0.6) is 5.75 Å². The van der Waals surface area contributed by atoms with E-state index in [1.165, 1.54) is 12.1 Å². The Hall–Kier alpha value is -1.55. The van der Waals surface area contributed by atoms with Crippen molar-refractivity contribution in [1.82, 2.24) is 0 Å². The van der Waals surface area contributed by atoms with Gasteiger partial charge in [0.05, 0.1) is 10.6 Å². The van der Waals surface area contributed by atoms with Crippen molar-refractivity contribution in [1.29, 1.82) is 0 Å². The van der Waals surface area contributed by atoms with E-state index in [1.54, 1.807) is 0 Å². The van der Waals surface area contributed by atoms with Gasteiger partial charge in [-0.15, -0.1) is 0 Å². The maximum absolute atomic E-state index is 12.7. The zero-order valence-corrected chi connectivity index (χ0v) is 8.42. The first-order valence-electron chi connectivity index (χ1n) is 3.99. The SMILES string of the molecule is C=C(COc1ccc(F)c(Cl)c1)C(=O)O.